The molecule has 16 heavy (non-hydrogen) atoms. The van der Waals surface area contributed by atoms with Gasteiger partial charge in [0, 0.05) is 19.6 Å². The summed E-state index contributed by atoms with van der Waals surface area (Å²) in [5.74, 6) is 1.57. The van der Waals surface area contributed by atoms with Gasteiger partial charge in [-0.15, -0.1) is 0 Å². The summed E-state index contributed by atoms with van der Waals surface area (Å²) in [5, 5.41) is 15.3. The molecular weight excluding hydrogens is 206 g/mol. The summed E-state index contributed by atoms with van der Waals surface area (Å²) < 4.78 is 5.01. The van der Waals surface area contributed by atoms with Crippen LogP contribution in [0, 0.1) is 0 Å². The summed E-state index contributed by atoms with van der Waals surface area (Å²) in [4.78, 5) is 4.17. The minimum Gasteiger partial charge on any atom is -0.495 e. The van der Waals surface area contributed by atoms with E-state index in [9.17, 15) is 0 Å². The molecule has 1 rings (SSSR count). The van der Waals surface area contributed by atoms with Crippen LogP contribution in [0.3, 0.4) is 0 Å². The van der Waals surface area contributed by atoms with Gasteiger partial charge in [0.2, 0.25) is 0 Å². The number of ether oxygens (including phenoxy) is 1. The Hall–Kier alpha value is -1.33. The van der Waals surface area contributed by atoms with Crippen molar-refractivity contribution >= 4 is 5.82 Å². The molecule has 0 aliphatic heterocycles. The fourth-order valence-corrected chi connectivity index (χ4v) is 1.20. The Kier molecular flexibility index (Phi) is 5.60. The van der Waals surface area contributed by atoms with E-state index in [2.05, 4.69) is 15.6 Å². The topological polar surface area (TPSA) is 66.4 Å². The Morgan fingerprint density at radius 2 is 2.25 bits per heavy atom. The number of nitrogens with zero attached hydrogens (tertiary/aromatic N) is 1. The van der Waals surface area contributed by atoms with Gasteiger partial charge in [0.15, 0.2) is 0 Å². The van der Waals surface area contributed by atoms with E-state index in [1.165, 1.54) is 0 Å². The lowest BCUT2D eigenvalue weighted by atomic mass is 10.4. The second-order valence-electron chi connectivity index (χ2n) is 3.56. The van der Waals surface area contributed by atoms with Gasteiger partial charge in [-0.3, -0.25) is 0 Å². The van der Waals surface area contributed by atoms with Gasteiger partial charge in [0.05, 0.1) is 19.4 Å². The molecule has 0 aliphatic rings. The molecule has 0 spiro atoms. The first kappa shape index (κ1) is 12.7. The van der Waals surface area contributed by atoms with Crippen LogP contribution in [0.2, 0.25) is 0 Å². The van der Waals surface area contributed by atoms with E-state index in [0.29, 0.717) is 6.54 Å². The average molecular weight is 225 g/mol. The van der Waals surface area contributed by atoms with Crippen LogP contribution < -0.4 is 15.4 Å². The van der Waals surface area contributed by atoms with E-state index < -0.39 is 0 Å². The van der Waals surface area contributed by atoms with E-state index in [1.807, 2.05) is 12.1 Å². The summed E-state index contributed by atoms with van der Waals surface area (Å²) >= 11 is 0. The maximum atomic E-state index is 9.02. The maximum Gasteiger partial charge on any atom is 0.137 e. The first-order valence-corrected chi connectivity index (χ1v) is 5.35. The Morgan fingerprint density at radius 1 is 1.44 bits per heavy atom. The third-order valence-electron chi connectivity index (χ3n) is 2.02. The number of hydrogen-bond acceptors (Lipinski definition) is 5. The van der Waals surface area contributed by atoms with E-state index in [0.717, 1.165) is 24.7 Å². The lowest BCUT2D eigenvalue weighted by Gasteiger charge is -2.08. The highest BCUT2D eigenvalue weighted by Gasteiger charge is 1.96. The van der Waals surface area contributed by atoms with Crippen molar-refractivity contribution in [1.82, 2.24) is 10.3 Å². The SMILES string of the molecule is COc1ccc(NCCNCC(C)O)nc1. The molecule has 1 aromatic heterocycles. The largest absolute Gasteiger partial charge is 0.495 e. The molecule has 0 saturated carbocycles. The molecule has 0 bridgehead atoms. The van der Waals surface area contributed by atoms with Crippen LogP contribution in [0.1, 0.15) is 6.92 Å². The van der Waals surface area contributed by atoms with Gasteiger partial charge < -0.3 is 20.5 Å². The average Bonchev–Trinajstić information content (AvgIpc) is 2.29. The molecule has 90 valence electrons. The smallest absolute Gasteiger partial charge is 0.137 e. The predicted molar refractivity (Wildman–Crippen MR) is 63.8 cm³/mol. The Labute approximate surface area is 95.8 Å². The van der Waals surface area contributed by atoms with Crippen molar-refractivity contribution in [3.8, 4) is 5.75 Å². The van der Waals surface area contributed by atoms with Crippen LogP contribution in [0.25, 0.3) is 0 Å². The number of anilines is 1. The van der Waals surface area contributed by atoms with Gasteiger partial charge in [-0.2, -0.15) is 0 Å². The van der Waals surface area contributed by atoms with Gasteiger partial charge >= 0.3 is 0 Å². The molecule has 0 aromatic carbocycles. The van der Waals surface area contributed by atoms with Crippen LogP contribution in [0.5, 0.6) is 5.75 Å². The highest BCUT2D eigenvalue weighted by Crippen LogP contribution is 2.10. The summed E-state index contributed by atoms with van der Waals surface area (Å²) in [6.07, 6.45) is 1.37. The maximum absolute atomic E-state index is 9.02. The number of nitrogens with one attached hydrogen (secondary N) is 2. The van der Waals surface area contributed by atoms with Gasteiger partial charge in [0.1, 0.15) is 11.6 Å². The van der Waals surface area contributed by atoms with Crippen molar-refractivity contribution in [1.29, 1.82) is 0 Å². The van der Waals surface area contributed by atoms with Gasteiger partial charge in [-0.05, 0) is 19.1 Å². The number of rotatable bonds is 7. The molecule has 0 aliphatic carbocycles. The fraction of sp³-hybridized carbons (Fsp3) is 0.545. The van der Waals surface area contributed by atoms with Crippen molar-refractivity contribution in [2.24, 2.45) is 0 Å². The fourth-order valence-electron chi connectivity index (χ4n) is 1.20. The molecule has 5 heteroatoms. The monoisotopic (exact) mass is 225 g/mol. The molecule has 1 atom stereocenters. The third-order valence-corrected chi connectivity index (χ3v) is 2.02. The van der Waals surface area contributed by atoms with E-state index in [4.69, 9.17) is 9.84 Å². The van der Waals surface area contributed by atoms with Crippen LogP contribution in [-0.4, -0.2) is 42.9 Å². The second-order valence-corrected chi connectivity index (χ2v) is 3.56. The van der Waals surface area contributed by atoms with Gasteiger partial charge in [-0.1, -0.05) is 0 Å². The number of aliphatic hydroxyl groups excluding tert-OH is 1. The van der Waals surface area contributed by atoms with Crippen molar-refractivity contribution in [3.05, 3.63) is 18.3 Å². The van der Waals surface area contributed by atoms with Crippen molar-refractivity contribution in [2.45, 2.75) is 13.0 Å². The molecule has 1 heterocycles. The van der Waals surface area contributed by atoms with Crippen LogP contribution in [0.4, 0.5) is 5.82 Å². The van der Waals surface area contributed by atoms with Crippen molar-refractivity contribution < 1.29 is 9.84 Å². The first-order valence-electron chi connectivity index (χ1n) is 5.35. The third kappa shape index (κ3) is 4.95. The molecule has 0 fully saturated rings. The zero-order chi connectivity index (χ0) is 11.8. The zero-order valence-electron chi connectivity index (χ0n) is 9.73. The standard InChI is InChI=1S/C11H19N3O2/c1-9(15)7-12-5-6-13-11-4-3-10(16-2)8-14-11/h3-4,8-9,12,15H,5-7H2,1-2H3,(H,13,14). The molecule has 3 N–H and O–H groups in total. The van der Waals surface area contributed by atoms with Crippen LogP contribution in [0.15, 0.2) is 18.3 Å². The van der Waals surface area contributed by atoms with Crippen molar-refractivity contribution in [2.75, 3.05) is 32.1 Å². The highest BCUT2D eigenvalue weighted by atomic mass is 16.5. The Morgan fingerprint density at radius 3 is 2.81 bits per heavy atom. The second kappa shape index (κ2) is 7.03. The zero-order valence-corrected chi connectivity index (χ0v) is 9.73. The lowest BCUT2D eigenvalue weighted by Crippen LogP contribution is -2.29. The molecular formula is C11H19N3O2. The van der Waals surface area contributed by atoms with Gasteiger partial charge in [0.25, 0.3) is 0 Å². The normalized spacial score (nSPS) is 12.2. The molecule has 5 nitrogen and oxygen atoms in total. The first-order chi connectivity index (χ1) is 7.72. The lowest BCUT2D eigenvalue weighted by molar-refractivity contribution is 0.192. The molecule has 0 saturated heterocycles. The number of aromatic nitrogens is 1. The van der Waals surface area contributed by atoms with Crippen LogP contribution in [-0.2, 0) is 0 Å². The predicted octanol–water partition coefficient (Wildman–Crippen LogP) is 0.472. The van der Waals surface area contributed by atoms with E-state index >= 15 is 0 Å². The molecule has 0 radical (unpaired) electrons. The molecule has 1 unspecified atom stereocenters. The number of methoxy groups -OCH3 is 1. The summed E-state index contributed by atoms with van der Waals surface area (Å²) in [6.45, 7) is 3.92. The quantitative estimate of drug-likeness (QED) is 0.589. The summed E-state index contributed by atoms with van der Waals surface area (Å²) in [5.41, 5.74) is 0. The molecule has 1 aromatic rings. The minimum atomic E-state index is -0.306. The Bertz CT molecular complexity index is 288. The van der Waals surface area contributed by atoms with E-state index in [-0.39, 0.29) is 6.10 Å². The van der Waals surface area contributed by atoms with E-state index in [1.54, 1.807) is 20.2 Å². The Balaban J connectivity index is 2.16. The molecule has 0 amide bonds. The summed E-state index contributed by atoms with van der Waals surface area (Å²) in [7, 11) is 1.62. The van der Waals surface area contributed by atoms with Crippen molar-refractivity contribution in [3.63, 3.8) is 0 Å². The number of aliphatic hydroxyl groups is 1. The van der Waals surface area contributed by atoms with Crippen LogP contribution >= 0.6 is 0 Å². The number of hydrogen-bond donors (Lipinski definition) is 3. The van der Waals surface area contributed by atoms with Gasteiger partial charge in [-0.25, -0.2) is 4.98 Å². The minimum absolute atomic E-state index is 0.306. The highest BCUT2D eigenvalue weighted by molar-refractivity contribution is 5.37. The summed E-state index contributed by atoms with van der Waals surface area (Å²) in [6, 6.07) is 3.73. The number of pyridine rings is 1.